The van der Waals surface area contributed by atoms with Gasteiger partial charge in [0.05, 0.1) is 13.7 Å². The SMILES string of the molecule is COC(=O)[C@@H]1C2[C@H](CN1C(=O)[C@H](CCC(=O)O)N(CCOC(=O)[C@@H]1[C@@H](C(C)C)CCN1C(=O)[C@H](CCC(=O)OCc1ccccc1)NC(=O)OC(C)(C)C)C(=O)OC(C)(C)C)C2(C)C. The minimum absolute atomic E-state index is 0.0131. The molecule has 2 saturated heterocycles. The van der Waals surface area contributed by atoms with E-state index in [1.165, 1.54) is 16.9 Å². The van der Waals surface area contributed by atoms with Crippen molar-refractivity contribution in [2.75, 3.05) is 33.4 Å². The van der Waals surface area contributed by atoms with Gasteiger partial charge < -0.3 is 43.9 Å². The second-order valence-corrected chi connectivity index (χ2v) is 19.8. The second kappa shape index (κ2) is 21.0. The van der Waals surface area contributed by atoms with E-state index in [1.807, 2.05) is 45.9 Å². The number of amides is 4. The number of nitrogens with one attached hydrogen (secondary N) is 1. The van der Waals surface area contributed by atoms with E-state index in [4.69, 9.17) is 23.7 Å². The molecule has 3 aliphatic rings. The molecular weight excluding hydrogens is 833 g/mol. The van der Waals surface area contributed by atoms with Gasteiger partial charge in [0.1, 0.15) is 48.6 Å². The lowest BCUT2D eigenvalue weighted by atomic mass is 9.88. The van der Waals surface area contributed by atoms with Crippen molar-refractivity contribution in [3.8, 4) is 0 Å². The number of hydrogen-bond donors (Lipinski definition) is 2. The molecule has 0 radical (unpaired) electrons. The lowest BCUT2D eigenvalue weighted by Gasteiger charge is -2.37. The number of piperidine rings is 1. The molecule has 2 aliphatic heterocycles. The Morgan fingerprint density at radius 3 is 2.06 bits per heavy atom. The molecule has 1 saturated carbocycles. The standard InChI is InChI=1S/C46H68N4O14/c1-27(2)29-21-22-49(38(54)31(47-42(58)63-44(3,4)5)17-20-34(53)62-26-28-15-13-12-14-16-28)36(29)41(57)61-24-23-48(43(59)64-45(6,7)8)32(18-19-33(51)52)39(55)50-25-30-35(46(30,9)10)37(50)40(56)60-11/h12-16,27,29-32,35-37H,17-26H2,1-11H3,(H,47,58)(H,51,52)/t29-,30+,31+,32+,35?,36+,37+/m1/s1. The molecule has 3 fully saturated rings. The third-order valence-electron chi connectivity index (χ3n) is 12.1. The van der Waals surface area contributed by atoms with Crippen molar-refractivity contribution in [1.29, 1.82) is 0 Å². The van der Waals surface area contributed by atoms with E-state index in [1.54, 1.807) is 53.7 Å². The number of aliphatic carboxylic acids is 1. The molecular formula is C46H68N4O14. The van der Waals surface area contributed by atoms with Gasteiger partial charge in [-0.25, -0.2) is 19.2 Å². The zero-order chi connectivity index (χ0) is 47.9. The number of likely N-dealkylation sites (tertiary alicyclic amines) is 2. The van der Waals surface area contributed by atoms with Crippen LogP contribution in [0.15, 0.2) is 30.3 Å². The maximum absolute atomic E-state index is 14.5. The molecule has 64 heavy (non-hydrogen) atoms. The van der Waals surface area contributed by atoms with Crippen molar-refractivity contribution < 1.29 is 67.1 Å². The molecule has 0 spiro atoms. The summed E-state index contributed by atoms with van der Waals surface area (Å²) in [6, 6.07) is 4.24. The van der Waals surface area contributed by atoms with E-state index in [9.17, 15) is 43.5 Å². The normalized spacial score (nSPS) is 22.1. The van der Waals surface area contributed by atoms with Crippen LogP contribution in [0.1, 0.15) is 107 Å². The minimum Gasteiger partial charge on any atom is -0.481 e. The topological polar surface area (TPSA) is 225 Å². The number of nitrogens with zero attached hydrogens (tertiary/aromatic N) is 3. The van der Waals surface area contributed by atoms with Gasteiger partial charge in [-0.05, 0) is 89.5 Å². The Morgan fingerprint density at radius 1 is 0.844 bits per heavy atom. The van der Waals surface area contributed by atoms with E-state index in [0.29, 0.717) is 6.42 Å². The molecule has 1 aromatic rings. The average molecular weight is 901 g/mol. The molecule has 18 heteroatoms. The molecule has 4 rings (SSSR count). The number of alkyl carbamates (subject to hydrolysis) is 1. The average Bonchev–Trinajstić information content (AvgIpc) is 3.56. The first kappa shape index (κ1) is 51.2. The van der Waals surface area contributed by atoms with Gasteiger partial charge >= 0.3 is 36.1 Å². The summed E-state index contributed by atoms with van der Waals surface area (Å²) in [6.07, 6.45) is -2.71. The Labute approximate surface area is 375 Å². The Balaban J connectivity index is 1.57. The van der Waals surface area contributed by atoms with Crippen molar-refractivity contribution in [1.82, 2.24) is 20.0 Å². The molecule has 18 nitrogen and oxygen atoms in total. The van der Waals surface area contributed by atoms with Gasteiger partial charge in [0.2, 0.25) is 11.8 Å². The summed E-state index contributed by atoms with van der Waals surface area (Å²) in [5.41, 5.74) is -1.43. The van der Waals surface area contributed by atoms with Crippen LogP contribution in [0.5, 0.6) is 0 Å². The maximum atomic E-state index is 14.5. The van der Waals surface area contributed by atoms with Crippen molar-refractivity contribution in [2.45, 2.75) is 143 Å². The smallest absolute Gasteiger partial charge is 0.411 e. The van der Waals surface area contributed by atoms with Gasteiger partial charge in [-0.2, -0.15) is 0 Å². The van der Waals surface area contributed by atoms with E-state index >= 15 is 0 Å². The largest absolute Gasteiger partial charge is 0.481 e. The van der Waals surface area contributed by atoms with Gasteiger partial charge in [0.15, 0.2) is 0 Å². The Morgan fingerprint density at radius 2 is 1.48 bits per heavy atom. The van der Waals surface area contributed by atoms with Gasteiger partial charge in [-0.3, -0.25) is 24.1 Å². The van der Waals surface area contributed by atoms with E-state index in [0.717, 1.165) is 10.5 Å². The highest BCUT2D eigenvalue weighted by molar-refractivity contribution is 5.92. The Kier molecular flexibility index (Phi) is 16.8. The molecule has 4 amide bonds. The number of benzene rings is 1. The van der Waals surface area contributed by atoms with Crippen LogP contribution in [-0.2, 0) is 59.1 Å². The summed E-state index contributed by atoms with van der Waals surface area (Å²) in [5.74, 6) is -5.29. The summed E-state index contributed by atoms with van der Waals surface area (Å²) in [6.45, 7) is 17.1. The molecule has 1 aliphatic carbocycles. The molecule has 0 aromatic heterocycles. The third-order valence-corrected chi connectivity index (χ3v) is 12.1. The van der Waals surface area contributed by atoms with Crippen LogP contribution in [0.25, 0.3) is 0 Å². The second-order valence-electron chi connectivity index (χ2n) is 19.8. The first-order valence-corrected chi connectivity index (χ1v) is 22.0. The number of carboxylic acid groups (broad SMARTS) is 1. The number of carboxylic acids is 1. The zero-order valence-electron chi connectivity index (χ0n) is 39.2. The number of hydrogen-bond acceptors (Lipinski definition) is 13. The lowest BCUT2D eigenvalue weighted by molar-refractivity contribution is -0.158. The van der Waals surface area contributed by atoms with Gasteiger partial charge in [-0.1, -0.05) is 58.0 Å². The fourth-order valence-corrected chi connectivity index (χ4v) is 8.84. The molecule has 0 bridgehead atoms. The van der Waals surface area contributed by atoms with Crippen LogP contribution in [0.2, 0.25) is 0 Å². The first-order valence-electron chi connectivity index (χ1n) is 22.0. The number of rotatable bonds is 18. The fourth-order valence-electron chi connectivity index (χ4n) is 8.84. The fraction of sp³-hybridized carbons (Fsp3) is 0.696. The highest BCUT2D eigenvalue weighted by atomic mass is 16.6. The zero-order valence-corrected chi connectivity index (χ0v) is 39.2. The van der Waals surface area contributed by atoms with Crippen molar-refractivity contribution >= 4 is 47.9 Å². The Bertz CT molecular complexity index is 1870. The van der Waals surface area contributed by atoms with Crippen molar-refractivity contribution in [3.63, 3.8) is 0 Å². The summed E-state index contributed by atoms with van der Waals surface area (Å²) < 4.78 is 27.4. The number of esters is 3. The monoisotopic (exact) mass is 900 g/mol. The summed E-state index contributed by atoms with van der Waals surface area (Å²) in [7, 11) is 1.22. The van der Waals surface area contributed by atoms with Crippen LogP contribution >= 0.6 is 0 Å². The predicted octanol–water partition coefficient (Wildman–Crippen LogP) is 4.95. The molecule has 356 valence electrons. The van der Waals surface area contributed by atoms with Crippen molar-refractivity contribution in [2.24, 2.45) is 29.1 Å². The molecule has 2 N–H and O–H groups in total. The number of carbonyl (C=O) groups is 8. The molecule has 1 unspecified atom stereocenters. The van der Waals surface area contributed by atoms with Crippen LogP contribution < -0.4 is 5.32 Å². The summed E-state index contributed by atoms with van der Waals surface area (Å²) in [4.78, 5) is 112. The summed E-state index contributed by atoms with van der Waals surface area (Å²) >= 11 is 0. The van der Waals surface area contributed by atoms with E-state index in [2.05, 4.69) is 5.32 Å². The number of methoxy groups -OCH3 is 1. The Hall–Kier alpha value is -5.42. The van der Waals surface area contributed by atoms with Gasteiger partial charge in [-0.15, -0.1) is 0 Å². The number of fused-ring (bicyclic) bond motifs is 1. The van der Waals surface area contributed by atoms with Crippen LogP contribution in [0, 0.1) is 29.1 Å². The minimum atomic E-state index is -1.43. The van der Waals surface area contributed by atoms with E-state index < -0.39 is 103 Å². The quantitative estimate of drug-likeness (QED) is 0.147. The summed E-state index contributed by atoms with van der Waals surface area (Å²) in [5, 5.41) is 12.3. The van der Waals surface area contributed by atoms with Crippen molar-refractivity contribution in [3.05, 3.63) is 35.9 Å². The first-order chi connectivity index (χ1) is 29.8. The lowest BCUT2D eigenvalue weighted by Crippen LogP contribution is -2.57. The van der Waals surface area contributed by atoms with Crippen LogP contribution in [0.4, 0.5) is 9.59 Å². The van der Waals surface area contributed by atoms with E-state index in [-0.39, 0.29) is 68.0 Å². The maximum Gasteiger partial charge on any atom is 0.411 e. The number of ether oxygens (including phenoxy) is 5. The number of carbonyl (C=O) groups excluding carboxylic acids is 7. The predicted molar refractivity (Wildman–Crippen MR) is 230 cm³/mol. The highest BCUT2D eigenvalue weighted by Crippen LogP contribution is 2.65. The van der Waals surface area contributed by atoms with Crippen LogP contribution in [-0.4, -0.2) is 136 Å². The molecule has 1 aromatic carbocycles. The van der Waals surface area contributed by atoms with Gasteiger partial charge in [0, 0.05) is 31.8 Å². The van der Waals surface area contributed by atoms with Gasteiger partial charge in [0.25, 0.3) is 0 Å². The van der Waals surface area contributed by atoms with Crippen LogP contribution in [0.3, 0.4) is 0 Å². The molecule has 7 atom stereocenters. The highest BCUT2D eigenvalue weighted by Gasteiger charge is 2.70. The third kappa shape index (κ3) is 13.3. The molecule has 2 heterocycles.